The van der Waals surface area contributed by atoms with E-state index in [1.807, 2.05) is 43.6 Å². The molecule has 10 nitrogen and oxygen atoms in total. The molecule has 0 spiro atoms. The summed E-state index contributed by atoms with van der Waals surface area (Å²) in [6.07, 6.45) is 5.62. The van der Waals surface area contributed by atoms with E-state index >= 15 is 0 Å². The third kappa shape index (κ3) is 5.05. The summed E-state index contributed by atoms with van der Waals surface area (Å²) in [6.45, 7) is 9.60. The number of ether oxygens (including phenoxy) is 1. The summed E-state index contributed by atoms with van der Waals surface area (Å²) in [4.78, 5) is 15.4. The molecule has 1 fully saturated rings. The van der Waals surface area contributed by atoms with Gasteiger partial charge in [-0.05, 0) is 69.5 Å². The third-order valence-corrected chi connectivity index (χ3v) is 8.77. The highest BCUT2D eigenvalue weighted by molar-refractivity contribution is 5.88. The number of benzene rings is 1. The van der Waals surface area contributed by atoms with Gasteiger partial charge in [0.25, 0.3) is 0 Å². The van der Waals surface area contributed by atoms with E-state index < -0.39 is 0 Å². The lowest BCUT2D eigenvalue weighted by Crippen LogP contribution is -2.37. The molecule has 3 atom stereocenters. The zero-order valence-corrected chi connectivity index (χ0v) is 24.8. The molecular weight excluding hydrogens is 516 g/mol. The highest BCUT2D eigenvalue weighted by Gasteiger charge is 2.40. The summed E-state index contributed by atoms with van der Waals surface area (Å²) in [7, 11) is 3.99. The van der Waals surface area contributed by atoms with Gasteiger partial charge >= 0.3 is 6.03 Å². The van der Waals surface area contributed by atoms with Crippen molar-refractivity contribution in [2.75, 3.05) is 18.9 Å². The second-order valence-corrected chi connectivity index (χ2v) is 12.7. The Morgan fingerprint density at radius 1 is 1.07 bits per heavy atom. The first-order chi connectivity index (χ1) is 19.5. The average Bonchev–Trinajstić information content (AvgIpc) is 3.62. The predicted octanol–water partition coefficient (Wildman–Crippen LogP) is 5.48. The molecule has 4 aromatic rings. The standard InChI is InChI=1S/C31H40N8O2/c1-30(2,3)25-18-27(38(6)36-25)33-29(40)32-23-13-14-24(22-11-8-7-10-21(22)23)41-20-12-15-26-34-35-28(39(26)19-20)31(4)16-9-17-37(31)5/h7-8,10-12,15,18-19,23-24H,9,13-14,16-17H2,1-6H3,(H2,32,33,40)/t23-,24+,31?/m0/s1. The number of rotatable bonds is 5. The van der Waals surface area contributed by atoms with Crippen LogP contribution in [0.5, 0.6) is 5.75 Å². The first kappa shape index (κ1) is 27.3. The molecule has 1 aliphatic heterocycles. The number of nitrogens with zero attached hydrogens (tertiary/aromatic N) is 6. The number of aryl methyl sites for hydroxylation is 1. The van der Waals surface area contributed by atoms with Crippen molar-refractivity contribution < 1.29 is 9.53 Å². The fourth-order valence-electron chi connectivity index (χ4n) is 6.14. The van der Waals surface area contributed by atoms with Gasteiger partial charge in [-0.2, -0.15) is 5.10 Å². The summed E-state index contributed by atoms with van der Waals surface area (Å²) in [5.41, 5.74) is 3.66. The van der Waals surface area contributed by atoms with E-state index in [1.54, 1.807) is 4.68 Å². The van der Waals surface area contributed by atoms with Gasteiger partial charge in [0, 0.05) is 18.5 Å². The first-order valence-electron chi connectivity index (χ1n) is 14.5. The van der Waals surface area contributed by atoms with Crippen molar-refractivity contribution >= 4 is 17.5 Å². The van der Waals surface area contributed by atoms with Crippen LogP contribution in [0.1, 0.15) is 88.2 Å². The quantitative estimate of drug-likeness (QED) is 0.338. The number of carbonyl (C=O) groups excluding carboxylic acids is 1. The Kier molecular flexibility index (Phi) is 6.76. The van der Waals surface area contributed by atoms with Gasteiger partial charge in [0.1, 0.15) is 17.7 Å². The Morgan fingerprint density at radius 2 is 1.85 bits per heavy atom. The lowest BCUT2D eigenvalue weighted by atomic mass is 9.85. The van der Waals surface area contributed by atoms with Crippen LogP contribution < -0.4 is 15.4 Å². The largest absolute Gasteiger partial charge is 0.484 e. The molecule has 3 aromatic heterocycles. The molecule has 0 saturated carbocycles. The number of fused-ring (bicyclic) bond motifs is 2. The predicted molar refractivity (Wildman–Crippen MR) is 158 cm³/mol. The molecule has 41 heavy (non-hydrogen) atoms. The summed E-state index contributed by atoms with van der Waals surface area (Å²) < 4.78 is 10.4. The van der Waals surface area contributed by atoms with Gasteiger partial charge in [0.05, 0.1) is 23.5 Å². The zero-order valence-electron chi connectivity index (χ0n) is 24.8. The maximum Gasteiger partial charge on any atom is 0.320 e. The number of carbonyl (C=O) groups is 1. The monoisotopic (exact) mass is 556 g/mol. The number of likely N-dealkylation sites (tertiary alicyclic amines) is 1. The summed E-state index contributed by atoms with van der Waals surface area (Å²) in [5.74, 6) is 2.39. The van der Waals surface area contributed by atoms with Crippen LogP contribution in [0.15, 0.2) is 48.7 Å². The van der Waals surface area contributed by atoms with E-state index in [0.717, 1.165) is 66.3 Å². The Hall–Kier alpha value is -3.92. The highest BCUT2D eigenvalue weighted by atomic mass is 16.5. The van der Waals surface area contributed by atoms with Crippen molar-refractivity contribution in [1.82, 2.24) is 34.6 Å². The zero-order chi connectivity index (χ0) is 28.9. The third-order valence-electron chi connectivity index (χ3n) is 8.77. The van der Waals surface area contributed by atoms with Gasteiger partial charge in [0.2, 0.25) is 0 Å². The molecule has 10 heteroatoms. The van der Waals surface area contributed by atoms with E-state index in [2.05, 4.69) is 82.1 Å². The molecule has 2 amide bonds. The van der Waals surface area contributed by atoms with Crippen LogP contribution in [0, 0.1) is 0 Å². The van der Waals surface area contributed by atoms with Crippen molar-refractivity contribution in [2.45, 2.75) is 76.5 Å². The van der Waals surface area contributed by atoms with Crippen LogP contribution in [0.4, 0.5) is 10.6 Å². The van der Waals surface area contributed by atoms with Gasteiger partial charge in [-0.3, -0.25) is 19.3 Å². The van der Waals surface area contributed by atoms with Crippen LogP contribution in [-0.2, 0) is 18.0 Å². The Balaban J connectivity index is 1.19. The van der Waals surface area contributed by atoms with Crippen molar-refractivity contribution in [3.8, 4) is 5.75 Å². The number of aromatic nitrogens is 5. The lowest BCUT2D eigenvalue weighted by molar-refractivity contribution is 0.170. The molecule has 6 rings (SSSR count). The fourth-order valence-corrected chi connectivity index (χ4v) is 6.14. The lowest BCUT2D eigenvalue weighted by Gasteiger charge is -2.32. The molecule has 1 saturated heterocycles. The van der Waals surface area contributed by atoms with E-state index in [4.69, 9.17) is 4.74 Å². The molecule has 1 aliphatic carbocycles. The van der Waals surface area contributed by atoms with Gasteiger partial charge in [-0.15, -0.1) is 10.2 Å². The van der Waals surface area contributed by atoms with Crippen LogP contribution in [0.2, 0.25) is 0 Å². The average molecular weight is 557 g/mol. The van der Waals surface area contributed by atoms with Crippen molar-refractivity contribution in [3.05, 3.63) is 71.3 Å². The normalized spacial score (nSPS) is 23.0. The van der Waals surface area contributed by atoms with Crippen LogP contribution >= 0.6 is 0 Å². The Labute approximate surface area is 241 Å². The first-order valence-corrected chi connectivity index (χ1v) is 14.5. The van der Waals surface area contributed by atoms with Gasteiger partial charge in [0.15, 0.2) is 11.5 Å². The van der Waals surface area contributed by atoms with Gasteiger partial charge in [-0.1, -0.05) is 45.0 Å². The number of amides is 2. The number of urea groups is 1. The van der Waals surface area contributed by atoms with Crippen LogP contribution in [0.3, 0.4) is 0 Å². The summed E-state index contributed by atoms with van der Waals surface area (Å²) >= 11 is 0. The number of anilines is 1. The fraction of sp³-hybridized carbons (Fsp3) is 0.484. The Morgan fingerprint density at radius 3 is 2.56 bits per heavy atom. The molecule has 216 valence electrons. The van der Waals surface area contributed by atoms with Gasteiger partial charge < -0.3 is 10.1 Å². The topological polar surface area (TPSA) is 102 Å². The van der Waals surface area contributed by atoms with Crippen molar-refractivity contribution in [3.63, 3.8) is 0 Å². The maximum atomic E-state index is 13.1. The second-order valence-electron chi connectivity index (χ2n) is 12.7. The molecule has 2 N–H and O–H groups in total. The molecular formula is C31H40N8O2. The minimum Gasteiger partial charge on any atom is -0.484 e. The molecule has 0 bridgehead atoms. The molecule has 4 heterocycles. The molecule has 1 aromatic carbocycles. The number of nitrogens with one attached hydrogen (secondary N) is 2. The number of hydrogen-bond donors (Lipinski definition) is 2. The molecule has 0 radical (unpaired) electrons. The van der Waals surface area contributed by atoms with Crippen LogP contribution in [0.25, 0.3) is 5.65 Å². The molecule has 1 unspecified atom stereocenters. The minimum atomic E-state index is -0.247. The van der Waals surface area contributed by atoms with E-state index in [0.29, 0.717) is 5.82 Å². The van der Waals surface area contributed by atoms with E-state index in [9.17, 15) is 4.79 Å². The van der Waals surface area contributed by atoms with Crippen molar-refractivity contribution in [1.29, 1.82) is 0 Å². The van der Waals surface area contributed by atoms with Gasteiger partial charge in [-0.25, -0.2) is 4.79 Å². The second kappa shape index (κ2) is 10.2. The summed E-state index contributed by atoms with van der Waals surface area (Å²) in [6, 6.07) is 13.7. The smallest absolute Gasteiger partial charge is 0.320 e. The number of pyridine rings is 1. The highest BCUT2D eigenvalue weighted by Crippen LogP contribution is 2.40. The van der Waals surface area contributed by atoms with E-state index in [1.165, 1.54) is 0 Å². The SMILES string of the molecule is CN1CCCC1(C)c1nnc2ccc(O[C@@H]3CC[C@H](NC(=O)Nc4cc(C(C)(C)C)nn4C)c4ccccc43)cn12. The summed E-state index contributed by atoms with van der Waals surface area (Å²) in [5, 5.41) is 19.7. The maximum absolute atomic E-state index is 13.1. The number of hydrogen-bond acceptors (Lipinski definition) is 6. The van der Waals surface area contributed by atoms with Crippen LogP contribution in [-0.4, -0.2) is 48.9 Å². The van der Waals surface area contributed by atoms with E-state index in [-0.39, 0.29) is 29.1 Å². The van der Waals surface area contributed by atoms with Crippen molar-refractivity contribution in [2.24, 2.45) is 7.05 Å². The Bertz CT molecular complexity index is 1580. The minimum absolute atomic E-state index is 0.100. The molecule has 2 aliphatic rings.